The van der Waals surface area contributed by atoms with Crippen molar-refractivity contribution >= 4 is 5.91 Å². The van der Waals surface area contributed by atoms with Crippen molar-refractivity contribution in [1.82, 2.24) is 14.8 Å². The number of benzene rings is 1. The van der Waals surface area contributed by atoms with Crippen LogP contribution in [0.3, 0.4) is 0 Å². The second kappa shape index (κ2) is 9.35. The molecule has 0 bridgehead atoms. The number of carbonyl (C=O) groups excluding carboxylic acids is 1. The van der Waals surface area contributed by atoms with E-state index in [1.165, 1.54) is 12.1 Å². The summed E-state index contributed by atoms with van der Waals surface area (Å²) in [5.41, 5.74) is 0.870. The van der Waals surface area contributed by atoms with Crippen LogP contribution in [0.15, 0.2) is 48.8 Å². The minimum Gasteiger partial charge on any atom is -0.490 e. The lowest BCUT2D eigenvalue weighted by atomic mass is 9.98. The van der Waals surface area contributed by atoms with Crippen LogP contribution in [0.1, 0.15) is 31.2 Å². The van der Waals surface area contributed by atoms with Gasteiger partial charge in [0, 0.05) is 44.6 Å². The highest BCUT2D eigenvalue weighted by Crippen LogP contribution is 2.24. The quantitative estimate of drug-likeness (QED) is 0.777. The number of rotatable bonds is 5. The standard InChI is InChI=1S/C23H28FN3O2/c24-19-3-1-18(2-4-19)17-23(28)27-13-7-20(8-14-27)26-15-9-22(10-16-26)29-21-5-11-25-12-6-21/h1-6,11-12,20,22H,7-10,13-17H2. The second-order valence-electron chi connectivity index (χ2n) is 7.95. The second-order valence-corrected chi connectivity index (χ2v) is 7.95. The number of carbonyl (C=O) groups is 1. The van der Waals surface area contributed by atoms with E-state index >= 15 is 0 Å². The fourth-order valence-electron chi connectivity index (χ4n) is 4.34. The molecule has 154 valence electrons. The Morgan fingerprint density at radius 2 is 1.62 bits per heavy atom. The van der Waals surface area contributed by atoms with Gasteiger partial charge in [0.2, 0.25) is 5.91 Å². The Hall–Kier alpha value is -2.47. The zero-order valence-corrected chi connectivity index (χ0v) is 16.7. The average molecular weight is 397 g/mol. The fourth-order valence-corrected chi connectivity index (χ4v) is 4.34. The van der Waals surface area contributed by atoms with E-state index in [0.29, 0.717) is 12.5 Å². The Morgan fingerprint density at radius 3 is 2.28 bits per heavy atom. The number of piperidine rings is 2. The molecule has 2 saturated heterocycles. The van der Waals surface area contributed by atoms with Crippen molar-refractivity contribution in [3.8, 4) is 5.75 Å². The van der Waals surface area contributed by atoms with Crippen LogP contribution in [0.4, 0.5) is 4.39 Å². The number of likely N-dealkylation sites (tertiary alicyclic amines) is 2. The lowest BCUT2D eigenvalue weighted by Gasteiger charge is -2.41. The molecule has 1 aromatic carbocycles. The summed E-state index contributed by atoms with van der Waals surface area (Å²) < 4.78 is 19.1. The summed E-state index contributed by atoms with van der Waals surface area (Å²) in [6.45, 7) is 3.70. The third-order valence-corrected chi connectivity index (χ3v) is 6.03. The van der Waals surface area contributed by atoms with Crippen LogP contribution >= 0.6 is 0 Å². The maximum absolute atomic E-state index is 13.0. The van der Waals surface area contributed by atoms with Gasteiger partial charge in [-0.2, -0.15) is 0 Å². The largest absolute Gasteiger partial charge is 0.490 e. The molecule has 0 N–H and O–H groups in total. The summed E-state index contributed by atoms with van der Waals surface area (Å²) in [5, 5.41) is 0. The molecule has 6 heteroatoms. The highest BCUT2D eigenvalue weighted by Gasteiger charge is 2.30. The molecule has 0 radical (unpaired) electrons. The number of halogens is 1. The maximum atomic E-state index is 13.0. The first-order valence-electron chi connectivity index (χ1n) is 10.5. The number of pyridine rings is 1. The normalized spacial score (nSPS) is 19.3. The van der Waals surface area contributed by atoms with E-state index in [4.69, 9.17) is 4.74 Å². The smallest absolute Gasteiger partial charge is 0.226 e. The van der Waals surface area contributed by atoms with Gasteiger partial charge < -0.3 is 9.64 Å². The van der Waals surface area contributed by atoms with Gasteiger partial charge in [-0.05, 0) is 55.5 Å². The van der Waals surface area contributed by atoms with Gasteiger partial charge in [0.1, 0.15) is 17.7 Å². The number of hydrogen-bond acceptors (Lipinski definition) is 4. The van der Waals surface area contributed by atoms with Gasteiger partial charge in [-0.3, -0.25) is 14.7 Å². The Kier molecular flexibility index (Phi) is 6.39. The van der Waals surface area contributed by atoms with E-state index in [1.54, 1.807) is 24.5 Å². The third kappa shape index (κ3) is 5.32. The van der Waals surface area contributed by atoms with Crippen molar-refractivity contribution in [1.29, 1.82) is 0 Å². The lowest BCUT2D eigenvalue weighted by molar-refractivity contribution is -0.132. The Morgan fingerprint density at radius 1 is 0.966 bits per heavy atom. The van der Waals surface area contributed by atoms with Gasteiger partial charge in [0.15, 0.2) is 0 Å². The summed E-state index contributed by atoms with van der Waals surface area (Å²) in [7, 11) is 0. The van der Waals surface area contributed by atoms with Gasteiger partial charge in [0.25, 0.3) is 0 Å². The molecule has 29 heavy (non-hydrogen) atoms. The van der Waals surface area contributed by atoms with Crippen molar-refractivity contribution in [3.63, 3.8) is 0 Å². The SMILES string of the molecule is O=C(Cc1ccc(F)cc1)N1CCC(N2CCC(Oc3ccncc3)CC2)CC1. The molecule has 2 fully saturated rings. The summed E-state index contributed by atoms with van der Waals surface area (Å²) >= 11 is 0. The van der Waals surface area contributed by atoms with Crippen LogP contribution in [-0.2, 0) is 11.2 Å². The van der Waals surface area contributed by atoms with Crippen LogP contribution in [0.5, 0.6) is 5.75 Å². The molecule has 4 rings (SSSR count). The molecule has 5 nitrogen and oxygen atoms in total. The van der Waals surface area contributed by atoms with E-state index in [0.717, 1.165) is 63.2 Å². The Balaban J connectivity index is 1.20. The highest BCUT2D eigenvalue weighted by molar-refractivity contribution is 5.78. The number of amides is 1. The lowest BCUT2D eigenvalue weighted by Crippen LogP contribution is -2.50. The van der Waals surface area contributed by atoms with E-state index in [-0.39, 0.29) is 17.8 Å². The predicted octanol–water partition coefficient (Wildman–Crippen LogP) is 3.30. The maximum Gasteiger partial charge on any atom is 0.226 e. The molecule has 2 aliphatic heterocycles. The number of ether oxygens (including phenoxy) is 1. The zero-order chi connectivity index (χ0) is 20.1. The minimum atomic E-state index is -0.267. The molecule has 0 unspecified atom stereocenters. The van der Waals surface area contributed by atoms with Crippen LogP contribution in [0, 0.1) is 5.82 Å². The van der Waals surface area contributed by atoms with Gasteiger partial charge in [-0.25, -0.2) is 4.39 Å². The minimum absolute atomic E-state index is 0.138. The van der Waals surface area contributed by atoms with Gasteiger partial charge in [0.05, 0.1) is 6.42 Å². The fraction of sp³-hybridized carbons (Fsp3) is 0.478. The summed E-state index contributed by atoms with van der Waals surface area (Å²) in [5.74, 6) is 0.767. The van der Waals surface area contributed by atoms with Crippen molar-refractivity contribution in [2.24, 2.45) is 0 Å². The molecule has 2 aliphatic rings. The van der Waals surface area contributed by atoms with Crippen molar-refractivity contribution in [2.75, 3.05) is 26.2 Å². The van der Waals surface area contributed by atoms with Crippen molar-refractivity contribution < 1.29 is 13.9 Å². The first-order chi connectivity index (χ1) is 14.2. The van der Waals surface area contributed by atoms with E-state index in [2.05, 4.69) is 9.88 Å². The van der Waals surface area contributed by atoms with E-state index < -0.39 is 0 Å². The molecular formula is C23H28FN3O2. The van der Waals surface area contributed by atoms with Crippen LogP contribution in [-0.4, -0.2) is 59.0 Å². The van der Waals surface area contributed by atoms with E-state index in [1.807, 2.05) is 17.0 Å². The van der Waals surface area contributed by atoms with Crippen LogP contribution in [0.25, 0.3) is 0 Å². The van der Waals surface area contributed by atoms with Gasteiger partial charge in [-0.15, -0.1) is 0 Å². The third-order valence-electron chi connectivity index (χ3n) is 6.03. The molecule has 3 heterocycles. The first kappa shape index (κ1) is 19.8. The summed E-state index contributed by atoms with van der Waals surface area (Å²) in [6, 6.07) is 10.6. The monoisotopic (exact) mass is 397 g/mol. The molecule has 0 aliphatic carbocycles. The van der Waals surface area contributed by atoms with Crippen molar-refractivity contribution in [3.05, 3.63) is 60.2 Å². The molecule has 0 spiro atoms. The predicted molar refractivity (Wildman–Crippen MR) is 109 cm³/mol. The number of aromatic nitrogens is 1. The van der Waals surface area contributed by atoms with Gasteiger partial charge in [-0.1, -0.05) is 12.1 Å². The highest BCUT2D eigenvalue weighted by atomic mass is 19.1. The zero-order valence-electron chi connectivity index (χ0n) is 16.7. The molecule has 2 aromatic rings. The van der Waals surface area contributed by atoms with Crippen molar-refractivity contribution in [2.45, 2.75) is 44.2 Å². The molecule has 0 atom stereocenters. The number of nitrogens with zero attached hydrogens (tertiary/aromatic N) is 3. The van der Waals surface area contributed by atoms with Gasteiger partial charge >= 0.3 is 0 Å². The molecule has 1 aromatic heterocycles. The molecular weight excluding hydrogens is 369 g/mol. The number of hydrogen-bond donors (Lipinski definition) is 0. The summed E-state index contributed by atoms with van der Waals surface area (Å²) in [6.07, 6.45) is 8.24. The van der Waals surface area contributed by atoms with Crippen LogP contribution < -0.4 is 4.74 Å². The topological polar surface area (TPSA) is 45.7 Å². The molecule has 0 saturated carbocycles. The average Bonchev–Trinajstić information content (AvgIpc) is 2.77. The Labute approximate surface area is 171 Å². The molecule has 1 amide bonds. The Bertz CT molecular complexity index is 784. The van der Waals surface area contributed by atoms with Crippen LogP contribution in [0.2, 0.25) is 0 Å². The van der Waals surface area contributed by atoms with E-state index in [9.17, 15) is 9.18 Å². The summed E-state index contributed by atoms with van der Waals surface area (Å²) in [4.78, 5) is 21.1. The first-order valence-corrected chi connectivity index (χ1v) is 10.5.